The van der Waals surface area contributed by atoms with Crippen molar-refractivity contribution in [2.45, 2.75) is 0 Å². The van der Waals surface area contributed by atoms with Gasteiger partial charge in [-0.25, -0.2) is 0 Å². The Kier molecular flexibility index (Phi) is 2.03. The summed E-state index contributed by atoms with van der Waals surface area (Å²) < 4.78 is 2.36. The van der Waals surface area contributed by atoms with Crippen LogP contribution < -0.4 is 0 Å². The molecule has 2 aromatic rings. The highest BCUT2D eigenvalue weighted by Gasteiger charge is 2.04. The molecule has 0 N–H and O–H groups in total. The number of nitrogens with zero attached hydrogens (tertiary/aromatic N) is 1. The number of hydrogen-bond donors (Lipinski definition) is 0. The number of thiophene rings is 1. The molecule has 0 saturated heterocycles. The molecule has 0 amide bonds. The van der Waals surface area contributed by atoms with E-state index in [1.165, 1.54) is 8.27 Å². The highest BCUT2D eigenvalue weighted by Crippen LogP contribution is 2.29. The fourth-order valence-electron chi connectivity index (χ4n) is 1.14. The van der Waals surface area contributed by atoms with Gasteiger partial charge in [0.1, 0.15) is 0 Å². The van der Waals surface area contributed by atoms with Gasteiger partial charge in [0.25, 0.3) is 0 Å². The van der Waals surface area contributed by atoms with Crippen molar-refractivity contribution in [1.82, 2.24) is 0 Å². The molecule has 0 radical (unpaired) electrons. The molecule has 0 atom stereocenters. The predicted octanol–water partition coefficient (Wildman–Crippen LogP) is 3.38. The van der Waals surface area contributed by atoms with E-state index >= 15 is 0 Å². The van der Waals surface area contributed by atoms with Crippen LogP contribution in [-0.2, 0) is 0 Å². The van der Waals surface area contributed by atoms with Crippen molar-refractivity contribution in [3.63, 3.8) is 0 Å². The Morgan fingerprint density at radius 2 is 2.25 bits per heavy atom. The van der Waals surface area contributed by atoms with E-state index in [0.29, 0.717) is 0 Å². The lowest BCUT2D eigenvalue weighted by molar-refractivity contribution is 1.51. The topological polar surface area (TPSA) is 23.8 Å². The molecule has 0 unspecified atom stereocenters. The number of fused-ring (bicyclic) bond motifs is 1. The zero-order valence-electron chi connectivity index (χ0n) is 6.04. The Morgan fingerprint density at radius 1 is 1.42 bits per heavy atom. The molecular formula is C9H4INS. The van der Waals surface area contributed by atoms with E-state index in [4.69, 9.17) is 5.26 Å². The van der Waals surface area contributed by atoms with E-state index in [1.54, 1.807) is 11.3 Å². The molecule has 1 heterocycles. The maximum atomic E-state index is 8.83. The Morgan fingerprint density at radius 3 is 3.00 bits per heavy atom. The summed E-state index contributed by atoms with van der Waals surface area (Å²) >= 11 is 3.95. The lowest BCUT2D eigenvalue weighted by Gasteiger charge is -1.92. The van der Waals surface area contributed by atoms with Crippen LogP contribution in [0.3, 0.4) is 0 Å². The van der Waals surface area contributed by atoms with Crippen LogP contribution in [-0.4, -0.2) is 0 Å². The highest BCUT2D eigenvalue weighted by molar-refractivity contribution is 14.1. The SMILES string of the molecule is N#Cc1cccc2scc(I)c12. The number of rotatable bonds is 0. The first kappa shape index (κ1) is 8.02. The van der Waals surface area contributed by atoms with E-state index in [-0.39, 0.29) is 0 Å². The standard InChI is InChI=1S/C9H4INS/c10-7-5-12-8-3-1-2-6(4-11)9(7)8/h1-3,5H. The van der Waals surface area contributed by atoms with Crippen LogP contribution in [0.2, 0.25) is 0 Å². The normalized spacial score (nSPS) is 10.0. The quantitative estimate of drug-likeness (QED) is 0.681. The van der Waals surface area contributed by atoms with Gasteiger partial charge in [-0.2, -0.15) is 5.26 Å². The van der Waals surface area contributed by atoms with E-state index in [1.807, 2.05) is 18.2 Å². The molecule has 1 aromatic heterocycles. The fraction of sp³-hybridized carbons (Fsp3) is 0. The van der Waals surface area contributed by atoms with Crippen molar-refractivity contribution in [3.05, 3.63) is 32.7 Å². The van der Waals surface area contributed by atoms with Crippen LogP contribution in [0.25, 0.3) is 10.1 Å². The van der Waals surface area contributed by atoms with Crippen molar-refractivity contribution in [1.29, 1.82) is 5.26 Å². The molecular weight excluding hydrogens is 281 g/mol. The average Bonchev–Trinajstić information content (AvgIpc) is 2.48. The first-order valence-corrected chi connectivity index (χ1v) is 5.34. The average molecular weight is 285 g/mol. The lowest BCUT2D eigenvalue weighted by atomic mass is 10.1. The summed E-state index contributed by atoms with van der Waals surface area (Å²) in [6, 6.07) is 8.03. The minimum Gasteiger partial charge on any atom is -0.192 e. The Bertz CT molecular complexity index is 467. The van der Waals surface area contributed by atoms with Gasteiger partial charge in [-0.05, 0) is 34.7 Å². The second-order valence-corrected chi connectivity index (χ2v) is 4.45. The second kappa shape index (κ2) is 3.04. The molecule has 1 aromatic carbocycles. The molecule has 0 aliphatic rings. The van der Waals surface area contributed by atoms with E-state index in [9.17, 15) is 0 Å². The zero-order valence-corrected chi connectivity index (χ0v) is 9.02. The summed E-state index contributed by atoms with van der Waals surface area (Å²) in [4.78, 5) is 0. The largest absolute Gasteiger partial charge is 0.192 e. The van der Waals surface area contributed by atoms with E-state index in [0.717, 1.165) is 10.9 Å². The Hall–Kier alpha value is -0.600. The molecule has 2 rings (SSSR count). The number of nitriles is 1. The molecule has 12 heavy (non-hydrogen) atoms. The third-order valence-corrected chi connectivity index (χ3v) is 3.90. The summed E-state index contributed by atoms with van der Waals surface area (Å²) in [5.41, 5.74) is 0.776. The van der Waals surface area contributed by atoms with Crippen LogP contribution in [0.1, 0.15) is 5.56 Å². The molecule has 3 heteroatoms. The first-order valence-electron chi connectivity index (χ1n) is 3.39. The van der Waals surface area contributed by atoms with Crippen molar-refractivity contribution in [2.24, 2.45) is 0 Å². The number of hydrogen-bond acceptors (Lipinski definition) is 2. The highest BCUT2D eigenvalue weighted by atomic mass is 127. The maximum absolute atomic E-state index is 8.83. The van der Waals surface area contributed by atoms with E-state index < -0.39 is 0 Å². The summed E-state index contributed by atoms with van der Waals surface area (Å²) in [6.45, 7) is 0. The van der Waals surface area contributed by atoms with Crippen LogP contribution in [0.4, 0.5) is 0 Å². The molecule has 0 spiro atoms. The first-order chi connectivity index (χ1) is 5.83. The van der Waals surface area contributed by atoms with Gasteiger partial charge < -0.3 is 0 Å². The van der Waals surface area contributed by atoms with Gasteiger partial charge in [-0.1, -0.05) is 6.07 Å². The number of benzene rings is 1. The zero-order chi connectivity index (χ0) is 8.55. The molecule has 0 bridgehead atoms. The van der Waals surface area contributed by atoms with Crippen molar-refractivity contribution in [3.8, 4) is 6.07 Å². The second-order valence-electron chi connectivity index (χ2n) is 2.37. The van der Waals surface area contributed by atoms with Crippen LogP contribution >= 0.6 is 33.9 Å². The molecule has 0 fully saturated rings. The maximum Gasteiger partial charge on any atom is 0.0998 e. The summed E-state index contributed by atoms with van der Waals surface area (Å²) in [6.07, 6.45) is 0. The van der Waals surface area contributed by atoms with Crippen molar-refractivity contribution < 1.29 is 0 Å². The predicted molar refractivity (Wildman–Crippen MR) is 59.3 cm³/mol. The van der Waals surface area contributed by atoms with Gasteiger partial charge in [0.05, 0.1) is 11.6 Å². The van der Waals surface area contributed by atoms with Crippen molar-refractivity contribution >= 4 is 44.0 Å². The third kappa shape index (κ3) is 1.11. The Balaban J connectivity index is 2.96. The monoisotopic (exact) mass is 285 g/mol. The van der Waals surface area contributed by atoms with Crippen LogP contribution in [0.15, 0.2) is 23.6 Å². The molecule has 0 saturated carbocycles. The van der Waals surface area contributed by atoms with Gasteiger partial charge in [0.15, 0.2) is 0 Å². The number of halogens is 1. The third-order valence-electron chi connectivity index (χ3n) is 1.67. The van der Waals surface area contributed by atoms with Gasteiger partial charge in [-0.3, -0.25) is 0 Å². The lowest BCUT2D eigenvalue weighted by Crippen LogP contribution is -1.75. The summed E-state index contributed by atoms with van der Waals surface area (Å²) in [5, 5.41) is 12.0. The van der Waals surface area contributed by atoms with Crippen LogP contribution in [0, 0.1) is 14.9 Å². The van der Waals surface area contributed by atoms with Gasteiger partial charge >= 0.3 is 0 Å². The molecule has 1 nitrogen and oxygen atoms in total. The minimum absolute atomic E-state index is 0.776. The van der Waals surface area contributed by atoms with Gasteiger partial charge in [0, 0.05) is 19.0 Å². The van der Waals surface area contributed by atoms with Crippen LogP contribution in [0.5, 0.6) is 0 Å². The van der Waals surface area contributed by atoms with Gasteiger partial charge in [-0.15, -0.1) is 11.3 Å². The molecule has 0 aliphatic carbocycles. The van der Waals surface area contributed by atoms with E-state index in [2.05, 4.69) is 34.0 Å². The molecule has 58 valence electrons. The molecule has 0 aliphatic heterocycles. The minimum atomic E-state index is 0.776. The summed E-state index contributed by atoms with van der Waals surface area (Å²) in [7, 11) is 0. The van der Waals surface area contributed by atoms with Gasteiger partial charge in [0.2, 0.25) is 0 Å². The van der Waals surface area contributed by atoms with Crippen molar-refractivity contribution in [2.75, 3.05) is 0 Å². The summed E-state index contributed by atoms with van der Waals surface area (Å²) in [5.74, 6) is 0. The smallest absolute Gasteiger partial charge is 0.0998 e. The Labute approximate surface area is 87.8 Å². The fourth-order valence-corrected chi connectivity index (χ4v) is 3.13.